The highest BCUT2D eigenvalue weighted by molar-refractivity contribution is 7.99. The predicted octanol–water partition coefficient (Wildman–Crippen LogP) is 5.27. The molecule has 0 bridgehead atoms. The quantitative estimate of drug-likeness (QED) is 0.278. The van der Waals surface area contributed by atoms with Crippen molar-refractivity contribution in [1.82, 2.24) is 19.7 Å². The van der Waals surface area contributed by atoms with Crippen molar-refractivity contribution in [2.75, 3.05) is 11.1 Å². The van der Waals surface area contributed by atoms with Crippen LogP contribution in [0.15, 0.2) is 72.1 Å². The third kappa shape index (κ3) is 5.23. The topological polar surface area (TPSA) is 89.8 Å². The lowest BCUT2D eigenvalue weighted by Crippen LogP contribution is -2.10. The highest BCUT2D eigenvalue weighted by Crippen LogP contribution is 2.29. The van der Waals surface area contributed by atoms with Crippen LogP contribution in [-0.4, -0.2) is 37.2 Å². The summed E-state index contributed by atoms with van der Waals surface area (Å²) in [5, 5.41) is 12.2. The summed E-state index contributed by atoms with van der Waals surface area (Å²) in [6, 6.07) is 16.9. The number of rotatable bonds is 8. The van der Waals surface area contributed by atoms with Crippen LogP contribution in [0.3, 0.4) is 0 Å². The number of carbonyl (C=O) groups is 2. The molecule has 4 aromatic rings. The molecule has 172 valence electrons. The van der Waals surface area contributed by atoms with Crippen molar-refractivity contribution in [3.63, 3.8) is 0 Å². The van der Waals surface area contributed by atoms with Crippen molar-refractivity contribution in [3.05, 3.63) is 83.7 Å². The van der Waals surface area contributed by atoms with Gasteiger partial charge in [0.2, 0.25) is 5.91 Å². The Hall–Kier alpha value is -3.78. The van der Waals surface area contributed by atoms with Gasteiger partial charge >= 0.3 is 0 Å². The number of ketones is 1. The maximum atomic E-state index is 12.9. The van der Waals surface area contributed by atoms with Gasteiger partial charge in [0.05, 0.1) is 11.4 Å². The number of carbonyl (C=O) groups excluding carboxylic acids is 2. The zero-order valence-corrected chi connectivity index (χ0v) is 20.1. The van der Waals surface area contributed by atoms with Crippen LogP contribution < -0.4 is 5.32 Å². The Morgan fingerprint density at radius 3 is 2.35 bits per heavy atom. The van der Waals surface area contributed by atoms with E-state index < -0.39 is 0 Å². The Labute approximate surface area is 202 Å². The summed E-state index contributed by atoms with van der Waals surface area (Å²) in [5.74, 6) is 0.806. The van der Waals surface area contributed by atoms with Crippen LogP contribution >= 0.6 is 11.8 Å². The summed E-state index contributed by atoms with van der Waals surface area (Å²) in [6.45, 7) is 5.93. The van der Waals surface area contributed by atoms with Gasteiger partial charge in [-0.2, -0.15) is 0 Å². The van der Waals surface area contributed by atoms with E-state index in [1.54, 1.807) is 43.6 Å². The van der Waals surface area contributed by atoms with E-state index in [2.05, 4.69) is 46.5 Å². The van der Waals surface area contributed by atoms with E-state index in [-0.39, 0.29) is 17.4 Å². The molecule has 0 fully saturated rings. The van der Waals surface area contributed by atoms with Crippen LogP contribution in [0.4, 0.5) is 5.69 Å². The van der Waals surface area contributed by atoms with E-state index in [9.17, 15) is 9.59 Å². The summed E-state index contributed by atoms with van der Waals surface area (Å²) in [5.41, 5.74) is 5.44. The maximum Gasteiger partial charge on any atom is 0.224 e. The molecule has 0 atom stereocenters. The molecular weight excluding hydrogens is 446 g/mol. The van der Waals surface area contributed by atoms with E-state index in [0.717, 1.165) is 16.8 Å². The molecule has 34 heavy (non-hydrogen) atoms. The van der Waals surface area contributed by atoms with Crippen LogP contribution in [0.1, 0.15) is 34.8 Å². The van der Waals surface area contributed by atoms with Crippen LogP contribution in [0, 0.1) is 13.8 Å². The number of benzene rings is 2. The number of aromatic nitrogens is 4. The Balaban J connectivity index is 1.58. The van der Waals surface area contributed by atoms with Gasteiger partial charge in [0, 0.05) is 35.6 Å². The molecule has 2 aromatic heterocycles. The van der Waals surface area contributed by atoms with E-state index in [1.807, 2.05) is 22.8 Å². The second kappa shape index (κ2) is 10.4. The lowest BCUT2D eigenvalue weighted by atomic mass is 10.1. The highest BCUT2D eigenvalue weighted by atomic mass is 32.2. The summed E-state index contributed by atoms with van der Waals surface area (Å²) < 4.78 is 1.98. The number of Topliss-reactive ketones (excluding diaryl/α,β-unsaturated/α-hetero) is 1. The summed E-state index contributed by atoms with van der Waals surface area (Å²) in [6.07, 6.45) is 3.84. The highest BCUT2D eigenvalue weighted by Gasteiger charge is 2.18. The summed E-state index contributed by atoms with van der Waals surface area (Å²) in [7, 11) is 0. The van der Waals surface area contributed by atoms with E-state index >= 15 is 0 Å². The maximum absolute atomic E-state index is 12.9. The Morgan fingerprint density at radius 1 is 0.941 bits per heavy atom. The fourth-order valence-corrected chi connectivity index (χ4v) is 4.20. The zero-order chi connectivity index (χ0) is 24.1. The minimum Gasteiger partial charge on any atom is -0.326 e. The molecule has 0 spiro atoms. The fourth-order valence-electron chi connectivity index (χ4n) is 3.35. The molecule has 1 N–H and O–H groups in total. The number of pyridine rings is 1. The largest absolute Gasteiger partial charge is 0.326 e. The second-order valence-electron chi connectivity index (χ2n) is 7.84. The number of nitrogens with one attached hydrogen (secondary N) is 1. The Bertz CT molecular complexity index is 1320. The second-order valence-corrected chi connectivity index (χ2v) is 8.78. The van der Waals surface area contributed by atoms with Crippen molar-refractivity contribution in [1.29, 1.82) is 0 Å². The minimum absolute atomic E-state index is 0.0292. The van der Waals surface area contributed by atoms with Crippen LogP contribution in [0.25, 0.3) is 17.1 Å². The molecule has 4 rings (SSSR count). The molecule has 2 aromatic carbocycles. The van der Waals surface area contributed by atoms with Crippen molar-refractivity contribution in [3.8, 4) is 17.1 Å². The van der Waals surface area contributed by atoms with Gasteiger partial charge in [-0.25, -0.2) is 0 Å². The minimum atomic E-state index is -0.0645. The van der Waals surface area contributed by atoms with Crippen molar-refractivity contribution in [2.24, 2.45) is 0 Å². The molecule has 0 aliphatic rings. The molecule has 0 unspecified atom stereocenters. The first-order chi connectivity index (χ1) is 16.5. The van der Waals surface area contributed by atoms with Gasteiger partial charge in [-0.3, -0.25) is 19.1 Å². The molecule has 0 radical (unpaired) electrons. The van der Waals surface area contributed by atoms with Crippen LogP contribution in [-0.2, 0) is 4.79 Å². The Morgan fingerprint density at radius 2 is 1.68 bits per heavy atom. The van der Waals surface area contributed by atoms with Gasteiger partial charge in [0.15, 0.2) is 16.8 Å². The smallest absolute Gasteiger partial charge is 0.224 e. The molecule has 0 saturated heterocycles. The molecule has 7 nitrogen and oxygen atoms in total. The standard InChI is InChI=1S/C26H25N5O2S/c1-4-24(33)28-21-8-6-19(7-9-21)23(32)16-34-26-30-29-25(20-11-13-27-14-12-20)31(26)22-10-5-17(2)18(3)15-22/h5-15H,4,16H2,1-3H3,(H,28,33). The molecule has 0 saturated carbocycles. The Kier molecular flexibility index (Phi) is 7.18. The fraction of sp³-hybridized carbons (Fsp3) is 0.192. The lowest BCUT2D eigenvalue weighted by molar-refractivity contribution is -0.115. The van der Waals surface area contributed by atoms with Gasteiger partial charge in [-0.15, -0.1) is 10.2 Å². The molecule has 1 amide bonds. The average molecular weight is 472 g/mol. The lowest BCUT2D eigenvalue weighted by Gasteiger charge is -2.12. The number of hydrogen-bond donors (Lipinski definition) is 1. The average Bonchev–Trinajstić information content (AvgIpc) is 3.29. The van der Waals surface area contributed by atoms with Gasteiger partial charge in [0.25, 0.3) is 0 Å². The zero-order valence-electron chi connectivity index (χ0n) is 19.3. The van der Waals surface area contributed by atoms with Gasteiger partial charge in [-0.1, -0.05) is 24.8 Å². The van der Waals surface area contributed by atoms with Crippen LogP contribution in [0.5, 0.6) is 0 Å². The first-order valence-corrected chi connectivity index (χ1v) is 11.9. The summed E-state index contributed by atoms with van der Waals surface area (Å²) >= 11 is 1.34. The SMILES string of the molecule is CCC(=O)Nc1ccc(C(=O)CSc2nnc(-c3ccncc3)n2-c2ccc(C)c(C)c2)cc1. The number of aryl methyl sites for hydroxylation is 2. The third-order valence-electron chi connectivity index (χ3n) is 5.46. The number of anilines is 1. The van der Waals surface area contributed by atoms with E-state index in [0.29, 0.717) is 28.7 Å². The number of nitrogens with zero attached hydrogens (tertiary/aromatic N) is 4. The molecule has 2 heterocycles. The first kappa shape index (κ1) is 23.4. The van der Waals surface area contributed by atoms with Crippen LogP contribution in [0.2, 0.25) is 0 Å². The van der Waals surface area contributed by atoms with E-state index in [1.165, 1.54) is 17.3 Å². The first-order valence-electron chi connectivity index (χ1n) is 11.0. The summed E-state index contributed by atoms with van der Waals surface area (Å²) in [4.78, 5) is 28.5. The third-order valence-corrected chi connectivity index (χ3v) is 6.39. The van der Waals surface area contributed by atoms with Gasteiger partial charge in [-0.05, 0) is 73.5 Å². The van der Waals surface area contributed by atoms with E-state index in [4.69, 9.17) is 0 Å². The number of thioether (sulfide) groups is 1. The van der Waals surface area contributed by atoms with Crippen molar-refractivity contribution in [2.45, 2.75) is 32.3 Å². The normalized spacial score (nSPS) is 10.8. The number of hydrogen-bond acceptors (Lipinski definition) is 6. The molecular formula is C26H25N5O2S. The predicted molar refractivity (Wildman–Crippen MR) is 134 cm³/mol. The monoisotopic (exact) mass is 471 g/mol. The van der Waals surface area contributed by atoms with Crippen molar-refractivity contribution < 1.29 is 9.59 Å². The number of amides is 1. The van der Waals surface area contributed by atoms with Crippen molar-refractivity contribution >= 4 is 29.1 Å². The molecule has 0 aliphatic carbocycles. The molecule has 0 aliphatic heterocycles. The van der Waals surface area contributed by atoms with Gasteiger partial charge in [0.1, 0.15) is 0 Å². The molecule has 8 heteroatoms. The van der Waals surface area contributed by atoms with Gasteiger partial charge < -0.3 is 5.32 Å².